The quantitative estimate of drug-likeness (QED) is 0.502. The van der Waals surface area contributed by atoms with Gasteiger partial charge >= 0.3 is 0 Å². The molecule has 1 aromatic rings. The van der Waals surface area contributed by atoms with Gasteiger partial charge in [-0.05, 0) is 44.2 Å². The monoisotopic (exact) mass is 262 g/mol. The van der Waals surface area contributed by atoms with Crippen molar-refractivity contribution in [1.29, 1.82) is 0 Å². The van der Waals surface area contributed by atoms with Crippen molar-refractivity contribution in [2.75, 3.05) is 5.32 Å². The van der Waals surface area contributed by atoms with Gasteiger partial charge in [-0.15, -0.1) is 0 Å². The molecule has 0 amide bonds. The first-order valence-corrected chi connectivity index (χ1v) is 7.08. The Balaban J connectivity index is 2.03. The van der Waals surface area contributed by atoms with Gasteiger partial charge in [-0.1, -0.05) is 19.8 Å². The van der Waals surface area contributed by atoms with Gasteiger partial charge in [0.2, 0.25) is 0 Å². The number of nitro groups is 1. The summed E-state index contributed by atoms with van der Waals surface area (Å²) in [5.74, 6) is 0.824. The molecule has 1 saturated carbocycles. The lowest BCUT2D eigenvalue weighted by atomic mass is 10.0. The zero-order valence-corrected chi connectivity index (χ0v) is 11.7. The smallest absolute Gasteiger partial charge is 0.272 e. The number of hydrogen-bond acceptors (Lipinski definition) is 3. The summed E-state index contributed by atoms with van der Waals surface area (Å²) in [6.07, 6.45) is 6.24. The maximum Gasteiger partial charge on any atom is 0.272 e. The van der Waals surface area contributed by atoms with Crippen LogP contribution in [0.1, 0.15) is 44.6 Å². The van der Waals surface area contributed by atoms with Gasteiger partial charge in [0.25, 0.3) is 5.69 Å². The number of hydrogen-bond donors (Lipinski definition) is 1. The number of nitrogens with one attached hydrogen (secondary N) is 1. The van der Waals surface area contributed by atoms with E-state index in [1.807, 2.05) is 12.1 Å². The lowest BCUT2D eigenvalue weighted by Gasteiger charge is -2.18. The third-order valence-corrected chi connectivity index (χ3v) is 4.02. The minimum Gasteiger partial charge on any atom is -0.382 e. The highest BCUT2D eigenvalue weighted by Crippen LogP contribution is 2.27. The normalized spacial score (nSPS) is 23.7. The zero-order chi connectivity index (χ0) is 13.8. The van der Waals surface area contributed by atoms with Crippen molar-refractivity contribution in [3.8, 4) is 0 Å². The highest BCUT2D eigenvalue weighted by molar-refractivity contribution is 5.54. The van der Waals surface area contributed by atoms with Gasteiger partial charge in [0.05, 0.1) is 4.92 Å². The summed E-state index contributed by atoms with van der Waals surface area (Å²) in [7, 11) is 0. The molecule has 0 aromatic heterocycles. The van der Waals surface area contributed by atoms with E-state index in [0.717, 1.165) is 17.2 Å². The number of rotatable bonds is 3. The molecule has 4 nitrogen and oxygen atoms in total. The minimum atomic E-state index is -0.327. The van der Waals surface area contributed by atoms with Crippen molar-refractivity contribution < 1.29 is 4.92 Å². The van der Waals surface area contributed by atoms with E-state index in [1.165, 1.54) is 32.1 Å². The summed E-state index contributed by atoms with van der Waals surface area (Å²) in [6, 6.07) is 5.80. The van der Waals surface area contributed by atoms with Crippen LogP contribution in [0.25, 0.3) is 0 Å². The van der Waals surface area contributed by atoms with Gasteiger partial charge in [-0.2, -0.15) is 0 Å². The van der Waals surface area contributed by atoms with Gasteiger partial charge in [0.1, 0.15) is 0 Å². The first-order chi connectivity index (χ1) is 9.06. The summed E-state index contributed by atoms with van der Waals surface area (Å²) >= 11 is 0. The molecule has 0 spiro atoms. The summed E-state index contributed by atoms with van der Waals surface area (Å²) in [6.45, 7) is 4.11. The van der Waals surface area contributed by atoms with E-state index < -0.39 is 0 Å². The molecule has 1 aliphatic carbocycles. The van der Waals surface area contributed by atoms with Gasteiger partial charge in [-0.3, -0.25) is 10.1 Å². The van der Waals surface area contributed by atoms with Crippen LogP contribution in [0.15, 0.2) is 18.2 Å². The van der Waals surface area contributed by atoms with Crippen molar-refractivity contribution in [2.24, 2.45) is 5.92 Å². The molecular formula is C15H22N2O2. The number of anilines is 1. The average Bonchev–Trinajstić information content (AvgIpc) is 2.54. The number of nitrogens with zero attached hydrogens (tertiary/aromatic N) is 1. The topological polar surface area (TPSA) is 55.2 Å². The second kappa shape index (κ2) is 6.04. The Bertz CT molecular complexity index is 459. The zero-order valence-electron chi connectivity index (χ0n) is 11.7. The lowest BCUT2D eigenvalue weighted by Crippen LogP contribution is -2.18. The molecule has 0 saturated heterocycles. The molecule has 2 atom stereocenters. The van der Waals surface area contributed by atoms with Crippen LogP contribution in [0, 0.1) is 23.0 Å². The molecule has 2 rings (SSSR count). The van der Waals surface area contributed by atoms with E-state index >= 15 is 0 Å². The van der Waals surface area contributed by atoms with Gasteiger partial charge in [0, 0.05) is 23.4 Å². The first-order valence-electron chi connectivity index (χ1n) is 7.08. The van der Waals surface area contributed by atoms with Gasteiger partial charge in [-0.25, -0.2) is 0 Å². The number of benzene rings is 1. The summed E-state index contributed by atoms with van der Waals surface area (Å²) in [5, 5.41) is 14.3. The summed E-state index contributed by atoms with van der Waals surface area (Å²) in [5.41, 5.74) is 1.92. The molecule has 4 heteroatoms. The van der Waals surface area contributed by atoms with Crippen LogP contribution >= 0.6 is 0 Å². The molecule has 2 unspecified atom stereocenters. The minimum absolute atomic E-state index is 0.194. The second-order valence-electron chi connectivity index (χ2n) is 5.71. The molecular weight excluding hydrogens is 240 g/mol. The first kappa shape index (κ1) is 13.8. The van der Waals surface area contributed by atoms with E-state index in [4.69, 9.17) is 0 Å². The Hall–Kier alpha value is -1.58. The standard InChI is InChI=1S/C15H22N2O2/c1-11-4-3-5-13(7-6-11)16-14-8-9-15(17(18)19)12(2)10-14/h8-11,13,16H,3-7H2,1-2H3. The van der Waals surface area contributed by atoms with E-state index in [2.05, 4.69) is 12.2 Å². The molecule has 1 fully saturated rings. The van der Waals surface area contributed by atoms with Crippen LogP contribution in [0.5, 0.6) is 0 Å². The van der Waals surface area contributed by atoms with E-state index in [0.29, 0.717) is 6.04 Å². The molecule has 0 aliphatic heterocycles. The molecule has 1 N–H and O–H groups in total. The molecule has 1 aromatic carbocycles. The Morgan fingerprint density at radius 3 is 2.74 bits per heavy atom. The Labute approximate surface area is 114 Å². The summed E-state index contributed by atoms with van der Waals surface area (Å²) in [4.78, 5) is 10.5. The molecule has 104 valence electrons. The fourth-order valence-electron chi connectivity index (χ4n) is 2.82. The highest BCUT2D eigenvalue weighted by Gasteiger charge is 2.17. The van der Waals surface area contributed by atoms with Crippen LogP contribution in [0.2, 0.25) is 0 Å². The van der Waals surface area contributed by atoms with Gasteiger partial charge in [0.15, 0.2) is 0 Å². The van der Waals surface area contributed by atoms with Crippen LogP contribution in [-0.4, -0.2) is 11.0 Å². The molecule has 0 heterocycles. The SMILES string of the molecule is Cc1cc(NC2CCCC(C)CC2)ccc1[N+](=O)[O-]. The predicted octanol–water partition coefficient (Wildman–Crippen LogP) is 4.28. The second-order valence-corrected chi connectivity index (χ2v) is 5.71. The molecule has 0 radical (unpaired) electrons. The van der Waals surface area contributed by atoms with Crippen molar-refractivity contribution in [3.05, 3.63) is 33.9 Å². The Morgan fingerprint density at radius 2 is 2.05 bits per heavy atom. The maximum absolute atomic E-state index is 10.8. The van der Waals surface area contributed by atoms with Crippen molar-refractivity contribution >= 4 is 11.4 Å². The third kappa shape index (κ3) is 3.69. The fraction of sp³-hybridized carbons (Fsp3) is 0.600. The van der Waals surface area contributed by atoms with Crippen LogP contribution in [0.3, 0.4) is 0 Å². The average molecular weight is 262 g/mol. The van der Waals surface area contributed by atoms with E-state index in [1.54, 1.807) is 13.0 Å². The molecule has 1 aliphatic rings. The van der Waals surface area contributed by atoms with Gasteiger partial charge < -0.3 is 5.32 Å². The molecule has 19 heavy (non-hydrogen) atoms. The van der Waals surface area contributed by atoms with Crippen LogP contribution < -0.4 is 5.32 Å². The molecule has 0 bridgehead atoms. The fourth-order valence-corrected chi connectivity index (χ4v) is 2.82. The largest absolute Gasteiger partial charge is 0.382 e. The predicted molar refractivity (Wildman–Crippen MR) is 77.5 cm³/mol. The van der Waals surface area contributed by atoms with Crippen molar-refractivity contribution in [1.82, 2.24) is 0 Å². The van der Waals surface area contributed by atoms with E-state index in [9.17, 15) is 10.1 Å². The lowest BCUT2D eigenvalue weighted by molar-refractivity contribution is -0.385. The Kier molecular flexibility index (Phi) is 4.40. The van der Waals surface area contributed by atoms with Crippen molar-refractivity contribution in [2.45, 2.75) is 52.0 Å². The number of aryl methyl sites for hydroxylation is 1. The van der Waals surface area contributed by atoms with Crippen LogP contribution in [0.4, 0.5) is 11.4 Å². The van der Waals surface area contributed by atoms with Crippen molar-refractivity contribution in [3.63, 3.8) is 0 Å². The Morgan fingerprint density at radius 1 is 1.26 bits per heavy atom. The summed E-state index contributed by atoms with van der Waals surface area (Å²) < 4.78 is 0. The van der Waals surface area contributed by atoms with Crippen LogP contribution in [-0.2, 0) is 0 Å². The highest BCUT2D eigenvalue weighted by atomic mass is 16.6. The number of nitro benzene ring substituents is 1. The third-order valence-electron chi connectivity index (χ3n) is 4.02. The maximum atomic E-state index is 10.8. The van der Waals surface area contributed by atoms with E-state index in [-0.39, 0.29) is 10.6 Å².